The van der Waals surface area contributed by atoms with Crippen molar-refractivity contribution in [3.05, 3.63) is 0 Å². The standard InChI is InChI=1S/C12H21N3O5/c1-2-9-7(3-4-20-9)6-14-12(19)15-8(11(17)18)5-10(13)16/h7-9H,2-6H2,1H3,(H2,13,16)(H,17,18)(H2,14,15,19)/t7?,8-,9?/m1/s1. The van der Waals surface area contributed by atoms with E-state index in [9.17, 15) is 14.4 Å². The van der Waals surface area contributed by atoms with Crippen LogP contribution in [0.25, 0.3) is 0 Å². The average molecular weight is 287 g/mol. The minimum Gasteiger partial charge on any atom is -0.480 e. The number of primary amides is 1. The zero-order chi connectivity index (χ0) is 15.1. The van der Waals surface area contributed by atoms with E-state index in [0.717, 1.165) is 12.8 Å². The van der Waals surface area contributed by atoms with E-state index in [2.05, 4.69) is 10.6 Å². The fourth-order valence-electron chi connectivity index (χ4n) is 2.21. The second-order valence-electron chi connectivity index (χ2n) is 4.78. The Morgan fingerprint density at radius 1 is 1.45 bits per heavy atom. The monoisotopic (exact) mass is 287 g/mol. The SMILES string of the molecule is CCC1OCCC1CNC(=O)N[C@H](CC(N)=O)C(=O)O. The lowest BCUT2D eigenvalue weighted by atomic mass is 10.00. The van der Waals surface area contributed by atoms with E-state index in [-0.39, 0.29) is 12.0 Å². The number of amides is 3. The number of ether oxygens (including phenoxy) is 1. The smallest absolute Gasteiger partial charge is 0.326 e. The summed E-state index contributed by atoms with van der Waals surface area (Å²) in [5.41, 5.74) is 4.93. The molecule has 0 bridgehead atoms. The molecule has 1 saturated heterocycles. The van der Waals surface area contributed by atoms with Crippen LogP contribution in [0.4, 0.5) is 4.79 Å². The maximum atomic E-state index is 11.6. The molecule has 1 aliphatic heterocycles. The van der Waals surface area contributed by atoms with Crippen LogP contribution in [0.15, 0.2) is 0 Å². The first-order valence-corrected chi connectivity index (χ1v) is 6.61. The highest BCUT2D eigenvalue weighted by Crippen LogP contribution is 2.22. The number of nitrogens with two attached hydrogens (primary N) is 1. The third kappa shape index (κ3) is 5.04. The maximum absolute atomic E-state index is 11.6. The van der Waals surface area contributed by atoms with Gasteiger partial charge in [0.15, 0.2) is 0 Å². The molecule has 1 fully saturated rings. The van der Waals surface area contributed by atoms with Crippen LogP contribution in [-0.2, 0) is 14.3 Å². The molecule has 3 atom stereocenters. The van der Waals surface area contributed by atoms with Crippen LogP contribution in [0.2, 0.25) is 0 Å². The molecule has 1 rings (SSSR count). The van der Waals surface area contributed by atoms with Gasteiger partial charge in [0.05, 0.1) is 12.5 Å². The summed E-state index contributed by atoms with van der Waals surface area (Å²) < 4.78 is 5.49. The van der Waals surface area contributed by atoms with Crippen molar-refractivity contribution in [2.75, 3.05) is 13.2 Å². The highest BCUT2D eigenvalue weighted by Gasteiger charge is 2.27. The number of aliphatic carboxylic acids is 1. The topological polar surface area (TPSA) is 131 Å². The number of carboxylic acid groups (broad SMARTS) is 1. The van der Waals surface area contributed by atoms with Gasteiger partial charge >= 0.3 is 12.0 Å². The molecule has 0 saturated carbocycles. The van der Waals surface area contributed by atoms with Crippen LogP contribution in [0.5, 0.6) is 0 Å². The van der Waals surface area contributed by atoms with Crippen LogP contribution in [-0.4, -0.2) is 48.3 Å². The highest BCUT2D eigenvalue weighted by atomic mass is 16.5. The van der Waals surface area contributed by atoms with Gasteiger partial charge in [-0.3, -0.25) is 4.79 Å². The van der Waals surface area contributed by atoms with E-state index in [1.807, 2.05) is 6.92 Å². The Morgan fingerprint density at radius 3 is 2.70 bits per heavy atom. The molecule has 20 heavy (non-hydrogen) atoms. The Kier molecular flexibility index (Phi) is 6.23. The second kappa shape index (κ2) is 7.68. The van der Waals surface area contributed by atoms with Gasteiger partial charge in [0.1, 0.15) is 6.04 Å². The summed E-state index contributed by atoms with van der Waals surface area (Å²) in [7, 11) is 0. The van der Waals surface area contributed by atoms with Gasteiger partial charge in [0.25, 0.3) is 0 Å². The molecule has 0 aliphatic carbocycles. The van der Waals surface area contributed by atoms with E-state index >= 15 is 0 Å². The predicted octanol–water partition coefficient (Wildman–Crippen LogP) is -0.571. The van der Waals surface area contributed by atoms with E-state index in [0.29, 0.717) is 13.2 Å². The summed E-state index contributed by atoms with van der Waals surface area (Å²) in [4.78, 5) is 33.2. The molecule has 114 valence electrons. The Morgan fingerprint density at radius 2 is 2.15 bits per heavy atom. The molecule has 0 aromatic heterocycles. The molecule has 8 heteroatoms. The van der Waals surface area contributed by atoms with Crippen molar-refractivity contribution >= 4 is 17.9 Å². The first-order chi connectivity index (χ1) is 9.43. The van der Waals surface area contributed by atoms with Gasteiger partial charge in [-0.1, -0.05) is 6.92 Å². The number of urea groups is 1. The molecule has 0 spiro atoms. The minimum atomic E-state index is -1.31. The summed E-state index contributed by atoms with van der Waals surface area (Å²) in [5, 5.41) is 13.7. The fourth-order valence-corrected chi connectivity index (χ4v) is 2.21. The largest absolute Gasteiger partial charge is 0.480 e. The second-order valence-corrected chi connectivity index (χ2v) is 4.78. The van der Waals surface area contributed by atoms with Gasteiger partial charge in [0.2, 0.25) is 5.91 Å². The van der Waals surface area contributed by atoms with Crippen molar-refractivity contribution in [1.29, 1.82) is 0 Å². The molecule has 0 aromatic carbocycles. The fraction of sp³-hybridized carbons (Fsp3) is 0.750. The molecule has 1 aliphatic rings. The number of nitrogens with one attached hydrogen (secondary N) is 2. The normalized spacial score (nSPS) is 23.1. The lowest BCUT2D eigenvalue weighted by molar-refractivity contribution is -0.140. The lowest BCUT2D eigenvalue weighted by Gasteiger charge is -2.18. The third-order valence-corrected chi connectivity index (χ3v) is 3.28. The first-order valence-electron chi connectivity index (χ1n) is 6.61. The first kappa shape index (κ1) is 16.2. The van der Waals surface area contributed by atoms with Crippen molar-refractivity contribution in [3.8, 4) is 0 Å². The van der Waals surface area contributed by atoms with E-state index in [1.54, 1.807) is 0 Å². The van der Waals surface area contributed by atoms with Gasteiger partial charge in [0, 0.05) is 19.1 Å². The minimum absolute atomic E-state index is 0.121. The van der Waals surface area contributed by atoms with Crippen molar-refractivity contribution < 1.29 is 24.2 Å². The van der Waals surface area contributed by atoms with E-state index < -0.39 is 30.4 Å². The number of hydrogen-bond donors (Lipinski definition) is 4. The van der Waals surface area contributed by atoms with Crippen molar-refractivity contribution in [3.63, 3.8) is 0 Å². The Bertz CT molecular complexity index is 374. The third-order valence-electron chi connectivity index (χ3n) is 3.28. The van der Waals surface area contributed by atoms with Gasteiger partial charge < -0.3 is 26.2 Å². The van der Waals surface area contributed by atoms with Crippen LogP contribution >= 0.6 is 0 Å². The summed E-state index contributed by atoms with van der Waals surface area (Å²) in [6.07, 6.45) is 1.42. The number of carbonyl (C=O) groups excluding carboxylic acids is 2. The van der Waals surface area contributed by atoms with Crippen LogP contribution < -0.4 is 16.4 Å². The zero-order valence-corrected chi connectivity index (χ0v) is 11.4. The summed E-state index contributed by atoms with van der Waals surface area (Å²) in [6.45, 7) is 3.09. The average Bonchev–Trinajstić information content (AvgIpc) is 2.82. The van der Waals surface area contributed by atoms with Crippen LogP contribution in [0.1, 0.15) is 26.2 Å². The molecule has 1 heterocycles. The van der Waals surface area contributed by atoms with Crippen molar-refractivity contribution in [1.82, 2.24) is 10.6 Å². The molecular weight excluding hydrogens is 266 g/mol. The summed E-state index contributed by atoms with van der Waals surface area (Å²) in [5.74, 6) is -1.85. The number of rotatable bonds is 7. The molecular formula is C12H21N3O5. The zero-order valence-electron chi connectivity index (χ0n) is 11.4. The van der Waals surface area contributed by atoms with E-state index in [4.69, 9.17) is 15.6 Å². The van der Waals surface area contributed by atoms with Gasteiger partial charge in [-0.05, 0) is 12.8 Å². The number of hydrogen-bond acceptors (Lipinski definition) is 4. The Labute approximate surface area is 117 Å². The predicted molar refractivity (Wildman–Crippen MR) is 69.9 cm³/mol. The van der Waals surface area contributed by atoms with Crippen molar-refractivity contribution in [2.24, 2.45) is 11.7 Å². The van der Waals surface area contributed by atoms with Gasteiger partial charge in [-0.15, -0.1) is 0 Å². The van der Waals surface area contributed by atoms with Crippen LogP contribution in [0.3, 0.4) is 0 Å². The molecule has 0 radical (unpaired) electrons. The number of carbonyl (C=O) groups is 3. The molecule has 3 amide bonds. The quantitative estimate of drug-likeness (QED) is 0.498. The number of carboxylic acids is 1. The van der Waals surface area contributed by atoms with Gasteiger partial charge in [-0.25, -0.2) is 9.59 Å². The van der Waals surface area contributed by atoms with E-state index in [1.165, 1.54) is 0 Å². The highest BCUT2D eigenvalue weighted by molar-refractivity contribution is 5.87. The molecule has 0 aromatic rings. The lowest BCUT2D eigenvalue weighted by Crippen LogP contribution is -2.48. The van der Waals surface area contributed by atoms with Crippen LogP contribution in [0, 0.1) is 5.92 Å². The molecule has 2 unspecified atom stereocenters. The molecule has 5 N–H and O–H groups in total. The Hall–Kier alpha value is -1.83. The summed E-state index contributed by atoms with van der Waals surface area (Å²) >= 11 is 0. The van der Waals surface area contributed by atoms with Gasteiger partial charge in [-0.2, -0.15) is 0 Å². The van der Waals surface area contributed by atoms with Crippen molar-refractivity contribution in [2.45, 2.75) is 38.3 Å². The molecule has 8 nitrogen and oxygen atoms in total. The maximum Gasteiger partial charge on any atom is 0.326 e. The summed E-state index contributed by atoms with van der Waals surface area (Å²) in [6, 6.07) is -1.94. The Balaban J connectivity index is 2.38.